The number of esters is 2. The molecule has 2 rings (SSSR count). The molecule has 0 aliphatic heterocycles. The lowest BCUT2D eigenvalue weighted by molar-refractivity contribution is -0.386. The molecule has 5 N–H and O–H groups in total. The van der Waals surface area contributed by atoms with Crippen LogP contribution < -0.4 is 34.9 Å². The van der Waals surface area contributed by atoms with E-state index in [2.05, 4.69) is 40.4 Å². The Morgan fingerprint density at radius 1 is 0.661 bits per heavy atom. The van der Waals surface area contributed by atoms with Crippen molar-refractivity contribution in [2.45, 2.75) is 59.7 Å². The first-order valence-corrected chi connectivity index (χ1v) is 17.4. The minimum absolute atomic E-state index is 0.00593. The quantitative estimate of drug-likeness (QED) is 0.0229. The SMILES string of the molecule is C=C(C)C(=O)NCNC(=O)CCCOc1cc([N+](=O)[O-])c(CO)cc1OC.C=C(C)C(=O)OC(=O)C(=C)C.CNC(=O)CCCOc1cc([N+](=O)[O-])c(CO)cc1OC. The Kier molecular flexibility index (Phi) is 24.5. The van der Waals surface area contributed by atoms with Crippen LogP contribution in [0.5, 0.6) is 23.0 Å². The zero-order chi connectivity index (χ0) is 45.2. The first kappa shape index (κ1) is 52.1. The second kappa shape index (κ2) is 27.7. The van der Waals surface area contributed by atoms with Crippen LogP contribution in [0, 0.1) is 20.2 Å². The van der Waals surface area contributed by atoms with Gasteiger partial charge in [-0.05, 0) is 45.7 Å². The molecule has 0 atom stereocenters. The molecular weight excluding hydrogens is 782 g/mol. The minimum atomic E-state index is -0.710. The van der Waals surface area contributed by atoms with Gasteiger partial charge in [-0.3, -0.25) is 34.6 Å². The minimum Gasteiger partial charge on any atom is -0.493 e. The number of benzene rings is 2. The number of carbonyl (C=O) groups excluding carboxylic acids is 5. The van der Waals surface area contributed by atoms with Gasteiger partial charge >= 0.3 is 11.9 Å². The van der Waals surface area contributed by atoms with Crippen LogP contribution in [0.4, 0.5) is 11.4 Å². The summed E-state index contributed by atoms with van der Waals surface area (Å²) in [6.07, 6.45) is 1.26. The maximum Gasteiger partial charge on any atom is 0.340 e. The molecule has 2 aromatic rings. The van der Waals surface area contributed by atoms with Crippen molar-refractivity contribution < 1.29 is 67.7 Å². The number of methoxy groups -OCH3 is 2. The number of hydrogen-bond acceptors (Lipinski definition) is 16. The highest BCUT2D eigenvalue weighted by Crippen LogP contribution is 2.36. The maximum absolute atomic E-state index is 11.7. The summed E-state index contributed by atoms with van der Waals surface area (Å²) < 4.78 is 25.4. The predicted molar refractivity (Wildman–Crippen MR) is 211 cm³/mol. The van der Waals surface area contributed by atoms with Crippen LogP contribution in [0.15, 0.2) is 60.7 Å². The number of nitro benzene ring substituents is 2. The Bertz CT molecular complexity index is 1840. The Morgan fingerprint density at radius 3 is 1.39 bits per heavy atom. The van der Waals surface area contributed by atoms with Crippen molar-refractivity contribution in [2.24, 2.45) is 0 Å². The van der Waals surface area contributed by atoms with Gasteiger partial charge in [0.25, 0.3) is 11.4 Å². The topological polar surface area (TPSA) is 294 Å². The molecule has 324 valence electrons. The van der Waals surface area contributed by atoms with E-state index in [0.717, 1.165) is 0 Å². The third-order valence-electron chi connectivity index (χ3n) is 7.16. The molecule has 0 aliphatic rings. The van der Waals surface area contributed by atoms with Crippen LogP contribution in [0.25, 0.3) is 0 Å². The molecule has 0 spiro atoms. The summed E-state index contributed by atoms with van der Waals surface area (Å²) >= 11 is 0. The number of rotatable bonds is 21. The van der Waals surface area contributed by atoms with Gasteiger partial charge in [-0.1, -0.05) is 19.7 Å². The first-order chi connectivity index (χ1) is 27.8. The number of aliphatic hydroxyl groups excluding tert-OH is 2. The second-order valence-corrected chi connectivity index (χ2v) is 12.0. The first-order valence-electron chi connectivity index (χ1n) is 17.4. The van der Waals surface area contributed by atoms with Crippen LogP contribution in [-0.4, -0.2) is 90.9 Å². The normalized spacial score (nSPS) is 9.76. The zero-order valence-electron chi connectivity index (χ0n) is 33.8. The van der Waals surface area contributed by atoms with E-state index in [1.165, 1.54) is 52.3 Å². The van der Waals surface area contributed by atoms with Gasteiger partial charge in [0, 0.05) is 36.6 Å². The number of amides is 3. The van der Waals surface area contributed by atoms with Gasteiger partial charge in [0.2, 0.25) is 17.7 Å². The molecule has 59 heavy (non-hydrogen) atoms. The lowest BCUT2D eigenvalue weighted by Gasteiger charge is -2.12. The van der Waals surface area contributed by atoms with Gasteiger partial charge in [0.05, 0.1) is 80.4 Å². The second-order valence-electron chi connectivity index (χ2n) is 12.0. The summed E-state index contributed by atoms with van der Waals surface area (Å²) in [5.41, 5.74) is 0.473. The molecule has 0 bridgehead atoms. The van der Waals surface area contributed by atoms with E-state index >= 15 is 0 Å². The molecule has 0 saturated heterocycles. The van der Waals surface area contributed by atoms with Crippen molar-refractivity contribution in [1.29, 1.82) is 0 Å². The van der Waals surface area contributed by atoms with E-state index in [-0.39, 0.29) is 94.9 Å². The number of hydrogen-bond donors (Lipinski definition) is 5. The summed E-state index contributed by atoms with van der Waals surface area (Å²) in [6, 6.07) is 5.10. The van der Waals surface area contributed by atoms with Crippen molar-refractivity contribution in [3.8, 4) is 23.0 Å². The van der Waals surface area contributed by atoms with Crippen molar-refractivity contribution in [3.05, 3.63) is 92.1 Å². The van der Waals surface area contributed by atoms with Crippen LogP contribution in [-0.2, 0) is 41.9 Å². The van der Waals surface area contributed by atoms with Crippen molar-refractivity contribution in [1.82, 2.24) is 16.0 Å². The molecular formula is C38H51N5O16. The van der Waals surface area contributed by atoms with Gasteiger partial charge in [-0.2, -0.15) is 0 Å². The fourth-order valence-electron chi connectivity index (χ4n) is 4.00. The van der Waals surface area contributed by atoms with E-state index in [9.17, 15) is 49.3 Å². The van der Waals surface area contributed by atoms with Gasteiger partial charge in [-0.15, -0.1) is 0 Å². The molecule has 0 heterocycles. The summed E-state index contributed by atoms with van der Waals surface area (Å²) in [6.45, 7) is 14.0. The van der Waals surface area contributed by atoms with Crippen molar-refractivity contribution in [2.75, 3.05) is 41.1 Å². The van der Waals surface area contributed by atoms with Crippen LogP contribution in [0.3, 0.4) is 0 Å². The molecule has 0 unspecified atom stereocenters. The molecule has 0 aromatic heterocycles. The van der Waals surface area contributed by atoms with Crippen molar-refractivity contribution >= 4 is 41.0 Å². The van der Waals surface area contributed by atoms with Gasteiger partial charge in [0.15, 0.2) is 23.0 Å². The Morgan fingerprint density at radius 2 is 1.07 bits per heavy atom. The highest BCUT2D eigenvalue weighted by atomic mass is 16.6. The molecule has 2 aromatic carbocycles. The number of nitro groups is 2. The number of aliphatic hydroxyl groups is 2. The number of nitrogens with zero attached hydrogens (tertiary/aromatic N) is 2. The van der Waals surface area contributed by atoms with Gasteiger partial charge < -0.3 is 49.8 Å². The highest BCUT2D eigenvalue weighted by Gasteiger charge is 2.21. The Balaban J connectivity index is 0.000000931. The van der Waals surface area contributed by atoms with E-state index in [0.29, 0.717) is 30.6 Å². The number of ether oxygens (including phenoxy) is 5. The Labute approximate surface area is 340 Å². The average Bonchev–Trinajstić information content (AvgIpc) is 3.20. The molecule has 0 aliphatic carbocycles. The van der Waals surface area contributed by atoms with Crippen LogP contribution >= 0.6 is 0 Å². The number of carbonyl (C=O) groups is 5. The Hall–Kier alpha value is -6.87. The lowest BCUT2D eigenvalue weighted by Crippen LogP contribution is -2.37. The molecule has 21 nitrogen and oxygen atoms in total. The fraction of sp³-hybridized carbons (Fsp3) is 0.395. The highest BCUT2D eigenvalue weighted by molar-refractivity contribution is 6.00. The van der Waals surface area contributed by atoms with E-state index in [1.54, 1.807) is 14.0 Å². The van der Waals surface area contributed by atoms with Gasteiger partial charge in [0.1, 0.15) is 0 Å². The average molecular weight is 834 g/mol. The fourth-order valence-corrected chi connectivity index (χ4v) is 4.00. The van der Waals surface area contributed by atoms with Gasteiger partial charge in [-0.25, -0.2) is 9.59 Å². The van der Waals surface area contributed by atoms with E-state index < -0.39 is 35.0 Å². The summed E-state index contributed by atoms with van der Waals surface area (Å²) in [5.74, 6) is -1.26. The van der Waals surface area contributed by atoms with E-state index in [4.69, 9.17) is 24.1 Å². The standard InChI is InChI=1S/C17H23N3O7.C13H18N2O6.C8H10O3/c1-11(2)17(23)19-10-18-16(22)5-4-6-27-15-8-13(20(24)25)12(9-21)7-14(15)26-3;1-14-13(17)4-3-5-21-12-7-10(15(18)19)9(8-16)6-11(12)20-2;1-5(2)7(9)11-8(10)6(3)4/h7-8,21H,1,4-6,9-10H2,2-3H3,(H,18,22)(H,19,23);6-7,16H,3-5,8H2,1-2H3,(H,14,17);1,3H2,2,4H3. The summed E-state index contributed by atoms with van der Waals surface area (Å²) in [7, 11) is 4.32. The third-order valence-corrected chi connectivity index (χ3v) is 7.16. The monoisotopic (exact) mass is 833 g/mol. The summed E-state index contributed by atoms with van der Waals surface area (Å²) in [4.78, 5) is 76.1. The molecule has 3 amide bonds. The molecule has 0 radical (unpaired) electrons. The summed E-state index contributed by atoms with van der Waals surface area (Å²) in [5, 5.41) is 47.8. The largest absolute Gasteiger partial charge is 0.493 e. The molecule has 21 heteroatoms. The zero-order valence-corrected chi connectivity index (χ0v) is 33.8. The molecule has 0 fully saturated rings. The van der Waals surface area contributed by atoms with Crippen LogP contribution in [0.2, 0.25) is 0 Å². The lowest BCUT2D eigenvalue weighted by atomic mass is 10.1. The smallest absolute Gasteiger partial charge is 0.340 e. The maximum atomic E-state index is 11.7. The van der Waals surface area contributed by atoms with Crippen molar-refractivity contribution in [3.63, 3.8) is 0 Å². The molecule has 0 saturated carbocycles. The predicted octanol–water partition coefficient (Wildman–Crippen LogP) is 3.23. The third kappa shape index (κ3) is 19.7. The van der Waals surface area contributed by atoms with E-state index in [1.807, 2.05) is 0 Å². The number of nitrogens with one attached hydrogen (secondary N) is 3. The van der Waals surface area contributed by atoms with Crippen LogP contribution in [0.1, 0.15) is 57.6 Å².